The molecule has 2 rings (SSSR count). The molecule has 5 heteroatoms. The fourth-order valence-corrected chi connectivity index (χ4v) is 1.52. The van der Waals surface area contributed by atoms with Crippen molar-refractivity contribution in [2.24, 2.45) is 5.73 Å². The maximum absolute atomic E-state index is 10.8. The largest absolute Gasteiger partial charge is 0.378 e. The molecule has 1 aromatic rings. The number of carbonyl (C=O) groups is 1. The van der Waals surface area contributed by atoms with Gasteiger partial charge in [0.1, 0.15) is 5.69 Å². The van der Waals surface area contributed by atoms with Gasteiger partial charge in [0.15, 0.2) is 0 Å². The number of amides is 1. The number of hydrogen-bond acceptors (Lipinski definition) is 4. The van der Waals surface area contributed by atoms with Crippen molar-refractivity contribution in [2.45, 2.75) is 6.10 Å². The Bertz CT molecular complexity index is 357. The second-order valence-electron chi connectivity index (χ2n) is 3.53. The highest BCUT2D eigenvalue weighted by Gasteiger charge is 2.26. The standard InChI is InChI=1S/C10H13N3O2/c1-15-8-5-13(6-8)7-2-3-9(10(11)14)12-4-7/h2-4,8H,5-6H2,1H3,(H2,11,14). The Balaban J connectivity index is 2.02. The first kappa shape index (κ1) is 9.92. The molecule has 1 saturated heterocycles. The van der Waals surface area contributed by atoms with Gasteiger partial charge in [0.2, 0.25) is 0 Å². The zero-order valence-corrected chi connectivity index (χ0v) is 8.51. The minimum atomic E-state index is -0.500. The second-order valence-corrected chi connectivity index (χ2v) is 3.53. The fourth-order valence-electron chi connectivity index (χ4n) is 1.52. The van der Waals surface area contributed by atoms with E-state index in [0.717, 1.165) is 18.8 Å². The van der Waals surface area contributed by atoms with Crippen LogP contribution in [0.15, 0.2) is 18.3 Å². The minimum absolute atomic E-state index is 0.294. The zero-order chi connectivity index (χ0) is 10.8. The molecule has 1 aliphatic heterocycles. The summed E-state index contributed by atoms with van der Waals surface area (Å²) in [6, 6.07) is 3.48. The molecule has 80 valence electrons. The summed E-state index contributed by atoms with van der Waals surface area (Å²) in [7, 11) is 1.70. The van der Waals surface area contributed by atoms with E-state index in [0.29, 0.717) is 11.8 Å². The average Bonchev–Trinajstić information content (AvgIpc) is 2.17. The number of primary amides is 1. The molecule has 2 heterocycles. The van der Waals surface area contributed by atoms with Gasteiger partial charge in [-0.25, -0.2) is 4.98 Å². The Morgan fingerprint density at radius 3 is 2.80 bits per heavy atom. The number of nitrogens with two attached hydrogens (primary N) is 1. The lowest BCUT2D eigenvalue weighted by Gasteiger charge is -2.39. The summed E-state index contributed by atoms with van der Waals surface area (Å²) in [6.45, 7) is 1.74. The highest BCUT2D eigenvalue weighted by molar-refractivity contribution is 5.90. The Morgan fingerprint density at radius 2 is 2.33 bits per heavy atom. The van der Waals surface area contributed by atoms with Crippen LogP contribution in [0, 0.1) is 0 Å². The number of ether oxygens (including phenoxy) is 1. The van der Waals surface area contributed by atoms with E-state index >= 15 is 0 Å². The van der Waals surface area contributed by atoms with Gasteiger partial charge < -0.3 is 15.4 Å². The van der Waals surface area contributed by atoms with E-state index < -0.39 is 5.91 Å². The maximum Gasteiger partial charge on any atom is 0.267 e. The number of pyridine rings is 1. The summed E-state index contributed by atoms with van der Waals surface area (Å²) in [4.78, 5) is 16.9. The monoisotopic (exact) mass is 207 g/mol. The molecule has 0 saturated carbocycles. The topological polar surface area (TPSA) is 68.5 Å². The molecule has 5 nitrogen and oxygen atoms in total. The summed E-state index contributed by atoms with van der Waals surface area (Å²) in [5.74, 6) is -0.500. The molecule has 1 aromatic heterocycles. The van der Waals surface area contributed by atoms with E-state index in [1.165, 1.54) is 0 Å². The van der Waals surface area contributed by atoms with Crippen molar-refractivity contribution in [1.29, 1.82) is 0 Å². The first-order valence-corrected chi connectivity index (χ1v) is 4.74. The molecule has 0 spiro atoms. The third-order valence-electron chi connectivity index (χ3n) is 2.55. The third-order valence-corrected chi connectivity index (χ3v) is 2.55. The minimum Gasteiger partial charge on any atom is -0.378 e. The van der Waals surface area contributed by atoms with Crippen molar-refractivity contribution in [3.63, 3.8) is 0 Å². The molecule has 0 bridgehead atoms. The van der Waals surface area contributed by atoms with Gasteiger partial charge in [0.05, 0.1) is 18.0 Å². The van der Waals surface area contributed by atoms with E-state index in [-0.39, 0.29) is 0 Å². The first-order valence-electron chi connectivity index (χ1n) is 4.74. The Hall–Kier alpha value is -1.62. The second kappa shape index (κ2) is 3.86. The van der Waals surface area contributed by atoms with E-state index in [2.05, 4.69) is 9.88 Å². The lowest BCUT2D eigenvalue weighted by atomic mass is 10.1. The molecule has 1 aliphatic rings. The van der Waals surface area contributed by atoms with Gasteiger partial charge in [-0.2, -0.15) is 0 Å². The van der Waals surface area contributed by atoms with Gasteiger partial charge in [-0.1, -0.05) is 0 Å². The van der Waals surface area contributed by atoms with Crippen LogP contribution in [0.1, 0.15) is 10.5 Å². The summed E-state index contributed by atoms with van der Waals surface area (Å²) < 4.78 is 5.16. The highest BCUT2D eigenvalue weighted by atomic mass is 16.5. The SMILES string of the molecule is COC1CN(c2ccc(C(N)=O)nc2)C1. The van der Waals surface area contributed by atoms with Crippen LogP contribution in [0.2, 0.25) is 0 Å². The Kier molecular flexibility index (Phi) is 2.55. The molecular formula is C10H13N3O2. The quantitative estimate of drug-likeness (QED) is 0.758. The highest BCUT2D eigenvalue weighted by Crippen LogP contribution is 2.21. The van der Waals surface area contributed by atoms with Crippen molar-refractivity contribution in [3.05, 3.63) is 24.0 Å². The summed E-state index contributed by atoms with van der Waals surface area (Å²) in [5, 5.41) is 0. The number of nitrogens with zero attached hydrogens (tertiary/aromatic N) is 2. The summed E-state index contributed by atoms with van der Waals surface area (Å²) in [6.07, 6.45) is 1.97. The average molecular weight is 207 g/mol. The number of aromatic nitrogens is 1. The van der Waals surface area contributed by atoms with Gasteiger partial charge >= 0.3 is 0 Å². The number of methoxy groups -OCH3 is 1. The molecule has 0 aromatic carbocycles. The van der Waals surface area contributed by atoms with E-state index in [1.54, 1.807) is 19.4 Å². The van der Waals surface area contributed by atoms with Gasteiger partial charge in [-0.3, -0.25) is 4.79 Å². The van der Waals surface area contributed by atoms with Gasteiger partial charge in [-0.05, 0) is 12.1 Å². The molecule has 0 atom stereocenters. The molecule has 0 aliphatic carbocycles. The Morgan fingerprint density at radius 1 is 1.60 bits per heavy atom. The first-order chi connectivity index (χ1) is 7.20. The molecule has 1 fully saturated rings. The maximum atomic E-state index is 10.8. The summed E-state index contributed by atoms with van der Waals surface area (Å²) >= 11 is 0. The molecular weight excluding hydrogens is 194 g/mol. The van der Waals surface area contributed by atoms with Gasteiger partial charge in [-0.15, -0.1) is 0 Å². The number of hydrogen-bond donors (Lipinski definition) is 1. The molecule has 2 N–H and O–H groups in total. The van der Waals surface area contributed by atoms with Gasteiger partial charge in [0, 0.05) is 20.2 Å². The molecule has 0 unspecified atom stereocenters. The van der Waals surface area contributed by atoms with Crippen LogP contribution >= 0.6 is 0 Å². The third kappa shape index (κ3) is 1.92. The van der Waals surface area contributed by atoms with Crippen molar-refractivity contribution in [2.75, 3.05) is 25.1 Å². The number of carbonyl (C=O) groups excluding carboxylic acids is 1. The fraction of sp³-hybridized carbons (Fsp3) is 0.400. The Labute approximate surface area is 87.8 Å². The van der Waals surface area contributed by atoms with Crippen molar-refractivity contribution in [3.8, 4) is 0 Å². The van der Waals surface area contributed by atoms with Crippen LogP contribution < -0.4 is 10.6 Å². The predicted octanol–water partition coefficient (Wildman–Crippen LogP) is 0.0155. The molecule has 0 radical (unpaired) electrons. The zero-order valence-electron chi connectivity index (χ0n) is 8.51. The predicted molar refractivity (Wildman–Crippen MR) is 55.8 cm³/mol. The van der Waals surface area contributed by atoms with Crippen LogP contribution in [-0.4, -0.2) is 37.2 Å². The van der Waals surface area contributed by atoms with Crippen LogP contribution in [-0.2, 0) is 4.74 Å². The number of rotatable bonds is 3. The van der Waals surface area contributed by atoms with E-state index in [9.17, 15) is 4.79 Å². The lowest BCUT2D eigenvalue weighted by Crippen LogP contribution is -2.51. The lowest BCUT2D eigenvalue weighted by molar-refractivity contribution is 0.0787. The molecule has 1 amide bonds. The smallest absolute Gasteiger partial charge is 0.267 e. The van der Waals surface area contributed by atoms with Crippen LogP contribution in [0.3, 0.4) is 0 Å². The van der Waals surface area contributed by atoms with Crippen LogP contribution in [0.4, 0.5) is 5.69 Å². The van der Waals surface area contributed by atoms with E-state index in [4.69, 9.17) is 10.5 Å². The molecule has 15 heavy (non-hydrogen) atoms. The van der Waals surface area contributed by atoms with Crippen molar-refractivity contribution >= 4 is 11.6 Å². The summed E-state index contributed by atoms with van der Waals surface area (Å²) in [5.41, 5.74) is 6.38. The van der Waals surface area contributed by atoms with Crippen molar-refractivity contribution in [1.82, 2.24) is 4.98 Å². The van der Waals surface area contributed by atoms with Crippen LogP contribution in [0.25, 0.3) is 0 Å². The number of anilines is 1. The van der Waals surface area contributed by atoms with E-state index in [1.807, 2.05) is 6.07 Å². The normalized spacial score (nSPS) is 16.2. The van der Waals surface area contributed by atoms with Crippen molar-refractivity contribution < 1.29 is 9.53 Å². The van der Waals surface area contributed by atoms with Gasteiger partial charge in [0.25, 0.3) is 5.91 Å². The van der Waals surface area contributed by atoms with Crippen LogP contribution in [0.5, 0.6) is 0 Å².